The number of rotatable bonds is 4. The maximum absolute atomic E-state index is 5.45. The molecule has 1 aromatic carbocycles. The molecule has 0 saturated carbocycles. The Balaban J connectivity index is 2.47. The van der Waals surface area contributed by atoms with Crippen LogP contribution in [0.15, 0.2) is 12.1 Å². The fourth-order valence-electron chi connectivity index (χ4n) is 2.64. The van der Waals surface area contributed by atoms with Gasteiger partial charge in [0.05, 0.1) is 14.2 Å². The van der Waals surface area contributed by atoms with E-state index in [1.54, 1.807) is 14.2 Å². The fourth-order valence-corrected chi connectivity index (χ4v) is 3.79. The highest BCUT2D eigenvalue weighted by Crippen LogP contribution is 2.40. The van der Waals surface area contributed by atoms with Gasteiger partial charge in [0.15, 0.2) is 11.5 Å². The summed E-state index contributed by atoms with van der Waals surface area (Å²) in [5.74, 6) is 4.48. The standard InChI is InChI=1S/C15H23NO2S/c1-5-16-15-10(2)8-19-9-11-6-13(17-3)14(18-4)7-12(11)15/h6-7,10,15-16H,5,8-9H2,1-4H3. The van der Waals surface area contributed by atoms with Crippen LogP contribution < -0.4 is 14.8 Å². The van der Waals surface area contributed by atoms with Crippen LogP contribution in [0.25, 0.3) is 0 Å². The first kappa shape index (κ1) is 14.5. The van der Waals surface area contributed by atoms with Crippen LogP contribution in [-0.4, -0.2) is 26.5 Å². The van der Waals surface area contributed by atoms with Crippen molar-refractivity contribution in [1.29, 1.82) is 0 Å². The molecule has 0 saturated heterocycles. The number of hydrogen-bond donors (Lipinski definition) is 1. The quantitative estimate of drug-likeness (QED) is 0.918. The van der Waals surface area contributed by atoms with Gasteiger partial charge >= 0.3 is 0 Å². The van der Waals surface area contributed by atoms with E-state index < -0.39 is 0 Å². The van der Waals surface area contributed by atoms with Crippen molar-refractivity contribution in [2.45, 2.75) is 25.6 Å². The summed E-state index contributed by atoms with van der Waals surface area (Å²) in [5.41, 5.74) is 2.72. The van der Waals surface area contributed by atoms with E-state index in [2.05, 4.69) is 31.3 Å². The molecular weight excluding hydrogens is 258 g/mol. The van der Waals surface area contributed by atoms with Gasteiger partial charge in [-0.1, -0.05) is 13.8 Å². The molecule has 1 aliphatic heterocycles. The summed E-state index contributed by atoms with van der Waals surface area (Å²) in [6, 6.07) is 4.67. The summed E-state index contributed by atoms with van der Waals surface area (Å²) in [5, 5.41) is 3.61. The number of benzene rings is 1. The third-order valence-corrected chi connectivity index (χ3v) is 4.89. The highest BCUT2D eigenvalue weighted by atomic mass is 32.2. The average molecular weight is 281 g/mol. The lowest BCUT2D eigenvalue weighted by molar-refractivity contribution is 0.352. The van der Waals surface area contributed by atoms with Crippen molar-refractivity contribution in [1.82, 2.24) is 5.32 Å². The Morgan fingerprint density at radius 3 is 2.58 bits per heavy atom. The molecule has 1 heterocycles. The molecule has 0 fully saturated rings. The Kier molecular flexibility index (Phi) is 4.99. The van der Waals surface area contributed by atoms with Crippen LogP contribution in [-0.2, 0) is 5.75 Å². The second-order valence-electron chi connectivity index (χ2n) is 4.93. The second-order valence-corrected chi connectivity index (χ2v) is 5.96. The van der Waals surface area contributed by atoms with Crippen LogP contribution >= 0.6 is 11.8 Å². The smallest absolute Gasteiger partial charge is 0.161 e. The molecule has 0 radical (unpaired) electrons. The molecule has 1 N–H and O–H groups in total. The zero-order valence-corrected chi connectivity index (χ0v) is 13.0. The number of methoxy groups -OCH3 is 2. The lowest BCUT2D eigenvalue weighted by Gasteiger charge is -2.25. The van der Waals surface area contributed by atoms with E-state index in [0.29, 0.717) is 12.0 Å². The summed E-state index contributed by atoms with van der Waals surface area (Å²) in [7, 11) is 3.39. The molecule has 2 rings (SSSR count). The van der Waals surface area contributed by atoms with Gasteiger partial charge in [0, 0.05) is 11.8 Å². The minimum Gasteiger partial charge on any atom is -0.493 e. The molecule has 1 aromatic rings. The van der Waals surface area contributed by atoms with E-state index in [1.165, 1.54) is 16.9 Å². The van der Waals surface area contributed by atoms with Crippen LogP contribution in [0, 0.1) is 5.92 Å². The zero-order valence-electron chi connectivity index (χ0n) is 12.2. The van der Waals surface area contributed by atoms with Crippen molar-refractivity contribution in [3.05, 3.63) is 23.3 Å². The first-order chi connectivity index (χ1) is 9.21. The van der Waals surface area contributed by atoms with Crippen LogP contribution in [0.1, 0.15) is 31.0 Å². The normalized spacial score (nSPS) is 22.5. The largest absolute Gasteiger partial charge is 0.493 e. The van der Waals surface area contributed by atoms with E-state index in [0.717, 1.165) is 23.8 Å². The van der Waals surface area contributed by atoms with Crippen LogP contribution in [0.5, 0.6) is 11.5 Å². The summed E-state index contributed by atoms with van der Waals surface area (Å²) >= 11 is 1.99. The molecule has 19 heavy (non-hydrogen) atoms. The number of hydrogen-bond acceptors (Lipinski definition) is 4. The maximum atomic E-state index is 5.45. The topological polar surface area (TPSA) is 30.5 Å². The lowest BCUT2D eigenvalue weighted by atomic mass is 9.92. The van der Waals surface area contributed by atoms with E-state index in [1.807, 2.05) is 11.8 Å². The Morgan fingerprint density at radius 2 is 1.95 bits per heavy atom. The van der Waals surface area contributed by atoms with Crippen LogP contribution in [0.2, 0.25) is 0 Å². The van der Waals surface area contributed by atoms with Crippen molar-refractivity contribution in [3.63, 3.8) is 0 Å². The fraction of sp³-hybridized carbons (Fsp3) is 0.600. The SMILES string of the molecule is CCNC1c2cc(OC)c(OC)cc2CSCC1C. The molecule has 3 nitrogen and oxygen atoms in total. The number of nitrogens with one attached hydrogen (secondary N) is 1. The van der Waals surface area contributed by atoms with E-state index in [4.69, 9.17) is 9.47 Å². The van der Waals surface area contributed by atoms with Crippen molar-refractivity contribution in [2.24, 2.45) is 5.92 Å². The van der Waals surface area contributed by atoms with Gasteiger partial charge in [-0.05, 0) is 41.5 Å². The molecule has 0 spiro atoms. The minimum absolute atomic E-state index is 0.398. The molecule has 0 aromatic heterocycles. The third-order valence-electron chi connectivity index (χ3n) is 3.61. The van der Waals surface area contributed by atoms with E-state index >= 15 is 0 Å². The van der Waals surface area contributed by atoms with Crippen molar-refractivity contribution < 1.29 is 9.47 Å². The van der Waals surface area contributed by atoms with Gasteiger partial charge in [-0.15, -0.1) is 0 Å². The van der Waals surface area contributed by atoms with Crippen LogP contribution in [0.3, 0.4) is 0 Å². The number of fused-ring (bicyclic) bond motifs is 1. The summed E-state index contributed by atoms with van der Waals surface area (Å²) in [6.07, 6.45) is 0. The van der Waals surface area contributed by atoms with Gasteiger partial charge in [0.1, 0.15) is 0 Å². The first-order valence-corrected chi connectivity index (χ1v) is 7.92. The summed E-state index contributed by atoms with van der Waals surface area (Å²) in [6.45, 7) is 5.45. The van der Waals surface area contributed by atoms with Crippen molar-refractivity contribution >= 4 is 11.8 Å². The Bertz CT molecular complexity index is 436. The van der Waals surface area contributed by atoms with Crippen molar-refractivity contribution in [3.8, 4) is 11.5 Å². The molecule has 106 valence electrons. The van der Waals surface area contributed by atoms with E-state index in [9.17, 15) is 0 Å². The zero-order chi connectivity index (χ0) is 13.8. The molecule has 0 aliphatic carbocycles. The van der Waals surface area contributed by atoms with Crippen LogP contribution in [0.4, 0.5) is 0 Å². The Morgan fingerprint density at radius 1 is 1.26 bits per heavy atom. The van der Waals surface area contributed by atoms with Gasteiger partial charge < -0.3 is 14.8 Å². The predicted molar refractivity (Wildman–Crippen MR) is 81.3 cm³/mol. The minimum atomic E-state index is 0.398. The van der Waals surface area contributed by atoms with Gasteiger partial charge in [0.25, 0.3) is 0 Å². The molecule has 1 aliphatic rings. The van der Waals surface area contributed by atoms with Gasteiger partial charge in [0.2, 0.25) is 0 Å². The van der Waals surface area contributed by atoms with E-state index in [-0.39, 0.29) is 0 Å². The summed E-state index contributed by atoms with van der Waals surface area (Å²) in [4.78, 5) is 0. The monoisotopic (exact) mass is 281 g/mol. The summed E-state index contributed by atoms with van der Waals surface area (Å²) < 4.78 is 10.9. The number of ether oxygens (including phenoxy) is 2. The maximum Gasteiger partial charge on any atom is 0.161 e. The Hall–Kier alpha value is -0.870. The number of thioether (sulfide) groups is 1. The molecule has 2 unspecified atom stereocenters. The highest BCUT2D eigenvalue weighted by Gasteiger charge is 2.26. The second kappa shape index (κ2) is 6.53. The molecule has 0 amide bonds. The van der Waals surface area contributed by atoms with Gasteiger partial charge in [-0.2, -0.15) is 11.8 Å². The molecule has 4 heteroatoms. The van der Waals surface area contributed by atoms with Gasteiger partial charge in [-0.25, -0.2) is 0 Å². The average Bonchev–Trinajstić information content (AvgIpc) is 2.57. The molecular formula is C15H23NO2S. The molecule has 2 atom stereocenters. The first-order valence-electron chi connectivity index (χ1n) is 6.77. The van der Waals surface area contributed by atoms with Gasteiger partial charge in [-0.3, -0.25) is 0 Å². The van der Waals surface area contributed by atoms with Crippen molar-refractivity contribution in [2.75, 3.05) is 26.5 Å². The molecule has 0 bridgehead atoms. The third kappa shape index (κ3) is 3.00. The highest BCUT2D eigenvalue weighted by molar-refractivity contribution is 7.98. The lowest BCUT2D eigenvalue weighted by Crippen LogP contribution is -2.27. The Labute approximate surface area is 120 Å². The predicted octanol–water partition coefficient (Wildman–Crippen LogP) is 3.24.